The van der Waals surface area contributed by atoms with E-state index < -0.39 is 5.60 Å². The number of hydrogen-bond donors (Lipinski definition) is 1. The van der Waals surface area contributed by atoms with Crippen molar-refractivity contribution in [2.24, 2.45) is 17.3 Å². The molecule has 20 heavy (non-hydrogen) atoms. The predicted molar refractivity (Wildman–Crippen MR) is 81.3 cm³/mol. The topological polar surface area (TPSA) is 46.5 Å². The molecule has 0 bridgehead atoms. The van der Waals surface area contributed by atoms with Gasteiger partial charge in [-0.3, -0.25) is 4.79 Å². The fraction of sp³-hybridized carbons (Fsp3) is 0.824. The summed E-state index contributed by atoms with van der Waals surface area (Å²) < 4.78 is 5.21. The monoisotopic (exact) mass is 282 g/mol. The first-order valence-electron chi connectivity index (χ1n) is 7.56. The van der Waals surface area contributed by atoms with Gasteiger partial charge >= 0.3 is 5.97 Å². The molecule has 1 saturated carbocycles. The van der Waals surface area contributed by atoms with Crippen molar-refractivity contribution in [3.8, 4) is 0 Å². The van der Waals surface area contributed by atoms with Crippen LogP contribution < -0.4 is 0 Å². The van der Waals surface area contributed by atoms with Crippen LogP contribution in [0.2, 0.25) is 0 Å². The summed E-state index contributed by atoms with van der Waals surface area (Å²) in [6.07, 6.45) is 5.08. The Hall–Kier alpha value is -0.830. The van der Waals surface area contributed by atoms with Crippen molar-refractivity contribution in [1.82, 2.24) is 0 Å². The zero-order valence-electron chi connectivity index (χ0n) is 13.8. The first kappa shape index (κ1) is 17.2. The smallest absolute Gasteiger partial charge is 0.302 e. The Labute approximate surface area is 123 Å². The fourth-order valence-corrected chi connectivity index (χ4v) is 3.49. The molecule has 3 atom stereocenters. The number of ether oxygens (including phenoxy) is 1. The van der Waals surface area contributed by atoms with Crippen LogP contribution in [0.25, 0.3) is 0 Å². The summed E-state index contributed by atoms with van der Waals surface area (Å²) in [4.78, 5) is 11.1. The zero-order valence-corrected chi connectivity index (χ0v) is 13.8. The Balaban J connectivity index is 2.90. The molecule has 0 spiro atoms. The van der Waals surface area contributed by atoms with Gasteiger partial charge in [-0.25, -0.2) is 0 Å². The Morgan fingerprint density at radius 3 is 2.40 bits per heavy atom. The van der Waals surface area contributed by atoms with Gasteiger partial charge in [0.05, 0.1) is 12.2 Å². The highest BCUT2D eigenvalue weighted by atomic mass is 16.5. The quantitative estimate of drug-likeness (QED) is 0.631. The number of aliphatic hydroxyl groups is 1. The molecular formula is C17H30O3. The highest BCUT2D eigenvalue weighted by molar-refractivity contribution is 5.65. The van der Waals surface area contributed by atoms with Crippen LogP contribution in [-0.4, -0.2) is 23.3 Å². The second kappa shape index (κ2) is 6.30. The molecule has 0 amide bonds. The maximum absolute atomic E-state index is 11.1. The van der Waals surface area contributed by atoms with Crippen molar-refractivity contribution in [1.29, 1.82) is 0 Å². The zero-order chi connectivity index (χ0) is 15.6. The third-order valence-corrected chi connectivity index (χ3v) is 4.96. The van der Waals surface area contributed by atoms with Crippen LogP contribution in [0.4, 0.5) is 0 Å². The first-order chi connectivity index (χ1) is 9.07. The van der Waals surface area contributed by atoms with E-state index in [1.807, 2.05) is 6.92 Å². The molecule has 0 aliphatic heterocycles. The maximum atomic E-state index is 11.1. The Kier molecular flexibility index (Phi) is 5.42. The molecule has 1 fully saturated rings. The summed E-state index contributed by atoms with van der Waals surface area (Å²) in [5, 5.41) is 10.7. The molecule has 1 N–H and O–H groups in total. The van der Waals surface area contributed by atoms with E-state index in [4.69, 9.17) is 4.74 Å². The molecule has 3 heteroatoms. The van der Waals surface area contributed by atoms with Gasteiger partial charge in [-0.2, -0.15) is 0 Å². The number of allylic oxidation sites excluding steroid dienone is 2. The van der Waals surface area contributed by atoms with Gasteiger partial charge in [-0.1, -0.05) is 25.5 Å². The van der Waals surface area contributed by atoms with Crippen molar-refractivity contribution in [3.63, 3.8) is 0 Å². The minimum atomic E-state index is -0.763. The number of carbonyl (C=O) groups excluding carboxylic acids is 1. The van der Waals surface area contributed by atoms with Crippen LogP contribution in [0.3, 0.4) is 0 Å². The van der Waals surface area contributed by atoms with Crippen LogP contribution in [0, 0.1) is 17.3 Å². The highest BCUT2D eigenvalue weighted by Gasteiger charge is 2.50. The van der Waals surface area contributed by atoms with Crippen LogP contribution in [-0.2, 0) is 9.53 Å². The second-order valence-electron chi connectivity index (χ2n) is 7.29. The summed E-state index contributed by atoms with van der Waals surface area (Å²) in [5.41, 5.74) is 0.512. The van der Waals surface area contributed by atoms with Crippen molar-refractivity contribution < 1.29 is 14.6 Å². The summed E-state index contributed by atoms with van der Waals surface area (Å²) in [5.74, 6) is 0.212. The Morgan fingerprint density at radius 1 is 1.30 bits per heavy atom. The molecule has 1 aliphatic rings. The van der Waals surface area contributed by atoms with E-state index in [0.717, 1.165) is 19.3 Å². The molecular weight excluding hydrogens is 252 g/mol. The maximum Gasteiger partial charge on any atom is 0.302 e. The Bertz CT molecular complexity index is 376. The van der Waals surface area contributed by atoms with E-state index in [1.165, 1.54) is 12.5 Å². The van der Waals surface area contributed by atoms with E-state index in [2.05, 4.69) is 33.8 Å². The van der Waals surface area contributed by atoms with Gasteiger partial charge in [0, 0.05) is 12.8 Å². The lowest BCUT2D eigenvalue weighted by molar-refractivity contribution is -0.161. The predicted octanol–water partition coefficient (Wildman–Crippen LogP) is 3.71. The lowest BCUT2D eigenvalue weighted by Crippen LogP contribution is -2.53. The molecule has 0 radical (unpaired) electrons. The van der Waals surface area contributed by atoms with Crippen molar-refractivity contribution in [2.75, 3.05) is 6.61 Å². The molecule has 0 saturated heterocycles. The molecule has 3 nitrogen and oxygen atoms in total. The normalized spacial score (nSPS) is 32.5. The average Bonchev–Trinajstić information content (AvgIpc) is 2.25. The summed E-state index contributed by atoms with van der Waals surface area (Å²) >= 11 is 0. The minimum absolute atomic E-state index is 0.0248. The molecule has 0 heterocycles. The number of esters is 1. The van der Waals surface area contributed by atoms with Gasteiger partial charge in [0.15, 0.2) is 0 Å². The van der Waals surface area contributed by atoms with E-state index in [1.54, 1.807) is 0 Å². The third kappa shape index (κ3) is 4.08. The van der Waals surface area contributed by atoms with E-state index in [0.29, 0.717) is 12.5 Å². The Morgan fingerprint density at radius 2 is 1.90 bits per heavy atom. The molecule has 0 aromatic carbocycles. The van der Waals surface area contributed by atoms with Crippen molar-refractivity contribution >= 4 is 5.97 Å². The fourth-order valence-electron chi connectivity index (χ4n) is 3.49. The van der Waals surface area contributed by atoms with Gasteiger partial charge in [0.2, 0.25) is 0 Å². The highest BCUT2D eigenvalue weighted by Crippen LogP contribution is 2.51. The van der Waals surface area contributed by atoms with Crippen LogP contribution in [0.5, 0.6) is 0 Å². The summed E-state index contributed by atoms with van der Waals surface area (Å²) in [6, 6.07) is 0. The minimum Gasteiger partial charge on any atom is -0.465 e. The average molecular weight is 282 g/mol. The largest absolute Gasteiger partial charge is 0.465 e. The van der Waals surface area contributed by atoms with E-state index in [9.17, 15) is 9.90 Å². The molecule has 0 aromatic rings. The SMILES string of the molecule is CC(=O)OCC1C(C)(C)C(CC=C(C)C)CC[C@@]1(C)O. The molecule has 1 aliphatic carbocycles. The number of rotatable bonds is 4. The lowest BCUT2D eigenvalue weighted by atomic mass is 9.56. The van der Waals surface area contributed by atoms with Crippen molar-refractivity contribution in [2.45, 2.75) is 66.4 Å². The van der Waals surface area contributed by atoms with E-state index in [-0.39, 0.29) is 17.3 Å². The standard InChI is InChI=1S/C17H30O3/c1-12(2)7-8-14-9-10-17(6,19)15(16(14,4)5)11-20-13(3)18/h7,14-15,19H,8-11H2,1-6H3/t14?,15?,17-/m1/s1. The van der Waals surface area contributed by atoms with Gasteiger partial charge in [0.1, 0.15) is 0 Å². The first-order valence-corrected chi connectivity index (χ1v) is 7.56. The second-order valence-corrected chi connectivity index (χ2v) is 7.29. The molecule has 0 aromatic heterocycles. The van der Waals surface area contributed by atoms with Gasteiger partial charge in [-0.05, 0) is 51.4 Å². The van der Waals surface area contributed by atoms with E-state index >= 15 is 0 Å². The van der Waals surface area contributed by atoms with Crippen LogP contribution in [0.15, 0.2) is 11.6 Å². The third-order valence-electron chi connectivity index (χ3n) is 4.96. The van der Waals surface area contributed by atoms with Crippen LogP contribution >= 0.6 is 0 Å². The number of carbonyl (C=O) groups is 1. The van der Waals surface area contributed by atoms with Gasteiger partial charge in [-0.15, -0.1) is 0 Å². The van der Waals surface area contributed by atoms with Crippen LogP contribution in [0.1, 0.15) is 60.8 Å². The van der Waals surface area contributed by atoms with Gasteiger partial charge < -0.3 is 9.84 Å². The van der Waals surface area contributed by atoms with Crippen molar-refractivity contribution in [3.05, 3.63) is 11.6 Å². The summed E-state index contributed by atoms with van der Waals surface area (Å²) in [6.45, 7) is 12.2. The number of hydrogen-bond acceptors (Lipinski definition) is 3. The van der Waals surface area contributed by atoms with Gasteiger partial charge in [0.25, 0.3) is 0 Å². The molecule has 2 unspecified atom stereocenters. The molecule has 116 valence electrons. The molecule has 1 rings (SSSR count). The summed E-state index contributed by atoms with van der Waals surface area (Å²) in [7, 11) is 0. The lowest BCUT2D eigenvalue weighted by Gasteiger charge is -2.52.